The van der Waals surface area contributed by atoms with Crippen LogP contribution in [0.1, 0.15) is 36.1 Å². The van der Waals surface area contributed by atoms with Gasteiger partial charge in [0, 0.05) is 6.04 Å². The number of hydrogen-bond acceptors (Lipinski definition) is 1. The second kappa shape index (κ2) is 7.45. The summed E-state index contributed by atoms with van der Waals surface area (Å²) < 4.78 is 39.7. The lowest BCUT2D eigenvalue weighted by molar-refractivity contribution is -0.138. The van der Waals surface area contributed by atoms with Gasteiger partial charge in [-0.15, -0.1) is 0 Å². The molecule has 2 aromatic carbocycles. The Balaban J connectivity index is 2.33. The molecule has 0 spiro atoms. The topological polar surface area (TPSA) is 12.0 Å². The minimum absolute atomic E-state index is 0.312. The normalized spacial score (nSPS) is 13.1. The molecule has 0 aliphatic rings. The maximum Gasteiger partial charge on any atom is 0.416 e. The molecule has 1 unspecified atom stereocenters. The standard InChI is InChI=1S/C18H20F3N/c1-2-12-22-17(13-14-8-4-3-5-9-14)15-10-6-7-11-16(15)18(19,20)21/h3-11,17,22H,2,12-13H2,1H3. The van der Waals surface area contributed by atoms with Crippen molar-refractivity contribution in [1.82, 2.24) is 5.32 Å². The van der Waals surface area contributed by atoms with Crippen LogP contribution in [0.4, 0.5) is 13.2 Å². The molecule has 1 N–H and O–H groups in total. The molecular formula is C18H20F3N. The second-order valence-corrected chi connectivity index (χ2v) is 5.28. The molecule has 2 rings (SSSR count). The molecule has 0 fully saturated rings. The number of hydrogen-bond donors (Lipinski definition) is 1. The summed E-state index contributed by atoms with van der Waals surface area (Å²) in [7, 11) is 0. The first-order valence-electron chi connectivity index (χ1n) is 7.45. The molecule has 0 bridgehead atoms. The lowest BCUT2D eigenvalue weighted by Gasteiger charge is -2.23. The van der Waals surface area contributed by atoms with Crippen LogP contribution in [0.5, 0.6) is 0 Å². The molecule has 0 aliphatic heterocycles. The van der Waals surface area contributed by atoms with Crippen LogP contribution in [0.3, 0.4) is 0 Å². The van der Waals surface area contributed by atoms with E-state index < -0.39 is 11.7 Å². The van der Waals surface area contributed by atoms with Gasteiger partial charge in [-0.3, -0.25) is 0 Å². The highest BCUT2D eigenvalue weighted by Gasteiger charge is 2.34. The number of halogens is 3. The van der Waals surface area contributed by atoms with Gasteiger partial charge in [-0.05, 0) is 36.6 Å². The van der Waals surface area contributed by atoms with Crippen molar-refractivity contribution < 1.29 is 13.2 Å². The van der Waals surface area contributed by atoms with E-state index >= 15 is 0 Å². The maximum atomic E-state index is 13.2. The van der Waals surface area contributed by atoms with Crippen LogP contribution in [0, 0.1) is 0 Å². The highest BCUT2D eigenvalue weighted by Crippen LogP contribution is 2.35. The molecule has 0 aliphatic carbocycles. The molecule has 22 heavy (non-hydrogen) atoms. The highest BCUT2D eigenvalue weighted by atomic mass is 19.4. The van der Waals surface area contributed by atoms with E-state index in [1.165, 1.54) is 6.07 Å². The van der Waals surface area contributed by atoms with Gasteiger partial charge in [-0.1, -0.05) is 55.5 Å². The Labute approximate surface area is 129 Å². The Morgan fingerprint density at radius 3 is 2.23 bits per heavy atom. The SMILES string of the molecule is CCCNC(Cc1ccccc1)c1ccccc1C(F)(F)F. The molecule has 0 saturated carbocycles. The Bertz CT molecular complexity index is 578. The van der Waals surface area contributed by atoms with Crippen LogP contribution in [0.15, 0.2) is 54.6 Å². The van der Waals surface area contributed by atoms with Crippen LogP contribution in [0.2, 0.25) is 0 Å². The fraction of sp³-hybridized carbons (Fsp3) is 0.333. The van der Waals surface area contributed by atoms with Gasteiger partial charge < -0.3 is 5.32 Å². The average Bonchev–Trinajstić information content (AvgIpc) is 2.51. The average molecular weight is 307 g/mol. The van der Waals surface area contributed by atoms with Crippen LogP contribution in [0.25, 0.3) is 0 Å². The van der Waals surface area contributed by atoms with Crippen molar-refractivity contribution in [2.75, 3.05) is 6.54 Å². The van der Waals surface area contributed by atoms with Crippen LogP contribution >= 0.6 is 0 Å². The summed E-state index contributed by atoms with van der Waals surface area (Å²) in [5.41, 5.74) is 0.778. The summed E-state index contributed by atoms with van der Waals surface area (Å²) in [6, 6.07) is 15.1. The first-order valence-corrected chi connectivity index (χ1v) is 7.45. The summed E-state index contributed by atoms with van der Waals surface area (Å²) in [5.74, 6) is 0. The Hall–Kier alpha value is -1.81. The van der Waals surface area contributed by atoms with Gasteiger partial charge >= 0.3 is 6.18 Å². The third-order valence-electron chi connectivity index (χ3n) is 3.56. The van der Waals surface area contributed by atoms with Crippen molar-refractivity contribution in [2.24, 2.45) is 0 Å². The minimum atomic E-state index is -4.33. The van der Waals surface area contributed by atoms with Crippen molar-refractivity contribution in [3.05, 3.63) is 71.3 Å². The Morgan fingerprint density at radius 1 is 0.955 bits per heavy atom. The lowest BCUT2D eigenvalue weighted by Crippen LogP contribution is -2.26. The lowest BCUT2D eigenvalue weighted by atomic mass is 9.94. The smallest absolute Gasteiger partial charge is 0.310 e. The maximum absolute atomic E-state index is 13.2. The Morgan fingerprint density at radius 2 is 1.59 bits per heavy atom. The zero-order chi connectivity index (χ0) is 16.0. The third-order valence-corrected chi connectivity index (χ3v) is 3.56. The third kappa shape index (κ3) is 4.34. The predicted octanol–water partition coefficient (Wildman–Crippen LogP) is 4.99. The Kier molecular flexibility index (Phi) is 5.61. The molecule has 0 amide bonds. The first-order chi connectivity index (χ1) is 10.5. The zero-order valence-electron chi connectivity index (χ0n) is 12.5. The number of rotatable bonds is 6. The number of alkyl halides is 3. The van der Waals surface area contributed by atoms with E-state index in [0.29, 0.717) is 18.5 Å². The molecular weight excluding hydrogens is 287 g/mol. The molecule has 1 atom stereocenters. The molecule has 118 valence electrons. The van der Waals surface area contributed by atoms with Crippen molar-refractivity contribution in [3.63, 3.8) is 0 Å². The van der Waals surface area contributed by atoms with Gasteiger partial charge in [-0.2, -0.15) is 13.2 Å². The van der Waals surface area contributed by atoms with Crippen molar-refractivity contribution in [1.29, 1.82) is 0 Å². The highest BCUT2D eigenvalue weighted by molar-refractivity contribution is 5.34. The van der Waals surface area contributed by atoms with E-state index in [1.54, 1.807) is 12.1 Å². The molecule has 2 aromatic rings. The van der Waals surface area contributed by atoms with E-state index in [2.05, 4.69) is 5.32 Å². The quantitative estimate of drug-likeness (QED) is 0.793. The largest absolute Gasteiger partial charge is 0.416 e. The summed E-state index contributed by atoms with van der Waals surface area (Å²) >= 11 is 0. The number of nitrogens with one attached hydrogen (secondary N) is 1. The van der Waals surface area contributed by atoms with Crippen LogP contribution in [-0.4, -0.2) is 6.54 Å². The second-order valence-electron chi connectivity index (χ2n) is 5.28. The van der Waals surface area contributed by atoms with Crippen molar-refractivity contribution >= 4 is 0 Å². The molecule has 1 nitrogen and oxygen atoms in total. The number of benzene rings is 2. The predicted molar refractivity (Wildman–Crippen MR) is 82.6 cm³/mol. The summed E-state index contributed by atoms with van der Waals surface area (Å²) in [6.07, 6.45) is -2.92. The van der Waals surface area contributed by atoms with Gasteiger partial charge in [0.1, 0.15) is 0 Å². The fourth-order valence-electron chi connectivity index (χ4n) is 2.52. The summed E-state index contributed by atoms with van der Waals surface area (Å²) in [5, 5.41) is 3.25. The van der Waals surface area contributed by atoms with E-state index in [-0.39, 0.29) is 6.04 Å². The van der Waals surface area contributed by atoms with Crippen LogP contribution in [-0.2, 0) is 12.6 Å². The van der Waals surface area contributed by atoms with E-state index in [9.17, 15) is 13.2 Å². The molecule has 0 heterocycles. The molecule has 4 heteroatoms. The van der Waals surface area contributed by atoms with Crippen LogP contribution < -0.4 is 5.32 Å². The van der Waals surface area contributed by atoms with Gasteiger partial charge in [-0.25, -0.2) is 0 Å². The van der Waals surface area contributed by atoms with Crippen molar-refractivity contribution in [2.45, 2.75) is 32.0 Å². The monoisotopic (exact) mass is 307 g/mol. The van der Waals surface area contributed by atoms with Gasteiger partial charge in [0.15, 0.2) is 0 Å². The summed E-state index contributed by atoms with van der Waals surface area (Å²) in [4.78, 5) is 0. The van der Waals surface area contributed by atoms with E-state index in [4.69, 9.17) is 0 Å². The molecule has 0 radical (unpaired) electrons. The fourth-order valence-corrected chi connectivity index (χ4v) is 2.52. The van der Waals surface area contributed by atoms with E-state index in [1.807, 2.05) is 37.3 Å². The van der Waals surface area contributed by atoms with Crippen molar-refractivity contribution in [3.8, 4) is 0 Å². The summed E-state index contributed by atoms with van der Waals surface area (Å²) in [6.45, 7) is 2.69. The van der Waals surface area contributed by atoms with Gasteiger partial charge in [0.25, 0.3) is 0 Å². The van der Waals surface area contributed by atoms with Gasteiger partial charge in [0.05, 0.1) is 5.56 Å². The van der Waals surface area contributed by atoms with Gasteiger partial charge in [0.2, 0.25) is 0 Å². The first kappa shape index (κ1) is 16.6. The van der Waals surface area contributed by atoms with E-state index in [0.717, 1.165) is 18.1 Å². The minimum Gasteiger partial charge on any atom is -0.310 e. The molecule has 0 aromatic heterocycles. The zero-order valence-corrected chi connectivity index (χ0v) is 12.5. The molecule has 0 saturated heterocycles.